The molecule has 1 fully saturated rings. The van der Waals surface area contributed by atoms with Crippen LogP contribution in [0.2, 0.25) is 0 Å². The van der Waals surface area contributed by atoms with Gasteiger partial charge in [-0.25, -0.2) is 0 Å². The fourth-order valence-corrected chi connectivity index (χ4v) is 4.30. The molecule has 5 rings (SSSR count). The van der Waals surface area contributed by atoms with Gasteiger partial charge < -0.3 is 9.80 Å². The Balaban J connectivity index is 1.29. The van der Waals surface area contributed by atoms with Crippen LogP contribution in [0.25, 0.3) is 5.69 Å². The quantitative estimate of drug-likeness (QED) is 0.472. The Labute approximate surface area is 192 Å². The maximum Gasteiger partial charge on any atom is 0.257 e. The summed E-state index contributed by atoms with van der Waals surface area (Å²) in [4.78, 5) is 17.4. The van der Waals surface area contributed by atoms with Gasteiger partial charge in [0.1, 0.15) is 0 Å². The molecule has 9 heteroatoms. The molecule has 0 radical (unpaired) electrons. The molecule has 0 N–H and O–H groups in total. The molecule has 1 amide bonds. The molecule has 1 aliphatic rings. The van der Waals surface area contributed by atoms with Gasteiger partial charge in [-0.2, -0.15) is 9.78 Å². The molecule has 168 valence electrons. The van der Waals surface area contributed by atoms with E-state index < -0.39 is 0 Å². The lowest BCUT2D eigenvalue weighted by Crippen LogP contribution is -2.49. The smallest absolute Gasteiger partial charge is 0.257 e. The Kier molecular flexibility index (Phi) is 5.60. The van der Waals surface area contributed by atoms with E-state index in [4.69, 9.17) is 0 Å². The van der Waals surface area contributed by atoms with E-state index >= 15 is 0 Å². The van der Waals surface area contributed by atoms with Crippen LogP contribution >= 0.6 is 0 Å². The molecule has 0 spiro atoms. The van der Waals surface area contributed by atoms with E-state index in [0.717, 1.165) is 22.6 Å². The highest BCUT2D eigenvalue weighted by molar-refractivity contribution is 5.96. The monoisotopic (exact) mass is 442 g/mol. The lowest BCUT2D eigenvalue weighted by atomic mass is 10.1. The summed E-state index contributed by atoms with van der Waals surface area (Å²) >= 11 is 0. The number of hydrogen-bond acceptors (Lipinski definition) is 6. The number of aromatic nitrogens is 6. The van der Waals surface area contributed by atoms with Crippen LogP contribution in [0, 0.1) is 13.8 Å². The number of aryl methyl sites for hydroxylation is 1. The molecule has 0 atom stereocenters. The third-order valence-electron chi connectivity index (χ3n) is 6.07. The molecule has 0 aliphatic carbocycles. The molecule has 0 saturated carbocycles. The van der Waals surface area contributed by atoms with Crippen LogP contribution in [0.15, 0.2) is 60.7 Å². The molecule has 4 aromatic rings. The number of hydrogen-bond donors (Lipinski definition) is 0. The van der Waals surface area contributed by atoms with E-state index in [1.165, 1.54) is 0 Å². The van der Waals surface area contributed by atoms with Gasteiger partial charge in [0.05, 0.1) is 23.5 Å². The van der Waals surface area contributed by atoms with Gasteiger partial charge >= 0.3 is 0 Å². The maximum absolute atomic E-state index is 13.4. The number of amides is 1. The standard InChI is InChI=1S/C24H26N8O/c1-18-22(19(2)31(26-18)17-20-9-5-3-6-10-20)23(33)29-13-15-30(16-14-29)24-25-27-28-32(24)21-11-7-4-8-12-21/h3-12H,13-17H2,1-2H3. The van der Waals surface area contributed by atoms with Crippen molar-refractivity contribution in [1.29, 1.82) is 0 Å². The molecule has 2 aromatic carbocycles. The molecule has 0 bridgehead atoms. The van der Waals surface area contributed by atoms with E-state index in [0.29, 0.717) is 44.2 Å². The van der Waals surface area contributed by atoms with Crippen molar-refractivity contribution in [3.63, 3.8) is 0 Å². The van der Waals surface area contributed by atoms with Crippen LogP contribution in [-0.4, -0.2) is 67.0 Å². The van der Waals surface area contributed by atoms with Crippen LogP contribution in [0.5, 0.6) is 0 Å². The van der Waals surface area contributed by atoms with E-state index in [9.17, 15) is 4.79 Å². The number of carbonyl (C=O) groups excluding carboxylic acids is 1. The molecule has 9 nitrogen and oxygen atoms in total. The Morgan fingerprint density at radius 2 is 1.58 bits per heavy atom. The summed E-state index contributed by atoms with van der Waals surface area (Å²) in [5.41, 5.74) is 4.44. The highest BCUT2D eigenvalue weighted by Gasteiger charge is 2.28. The van der Waals surface area contributed by atoms with Gasteiger partial charge in [0.2, 0.25) is 5.95 Å². The molecule has 33 heavy (non-hydrogen) atoms. The molecular weight excluding hydrogens is 416 g/mol. The van der Waals surface area contributed by atoms with Crippen molar-refractivity contribution in [2.45, 2.75) is 20.4 Å². The van der Waals surface area contributed by atoms with Crippen LogP contribution in [-0.2, 0) is 6.54 Å². The van der Waals surface area contributed by atoms with Crippen LogP contribution in [0.4, 0.5) is 5.95 Å². The van der Waals surface area contributed by atoms with Crippen LogP contribution in [0.3, 0.4) is 0 Å². The molecule has 0 unspecified atom stereocenters. The van der Waals surface area contributed by atoms with Crippen molar-refractivity contribution in [1.82, 2.24) is 34.9 Å². The van der Waals surface area contributed by atoms with Crippen molar-refractivity contribution in [3.05, 3.63) is 83.2 Å². The summed E-state index contributed by atoms with van der Waals surface area (Å²) in [5, 5.41) is 16.9. The van der Waals surface area contributed by atoms with Gasteiger partial charge in [0.25, 0.3) is 5.91 Å². The van der Waals surface area contributed by atoms with Crippen molar-refractivity contribution in [2.24, 2.45) is 0 Å². The summed E-state index contributed by atoms with van der Waals surface area (Å²) in [7, 11) is 0. The molecule has 3 heterocycles. The number of carbonyl (C=O) groups is 1. The van der Waals surface area contributed by atoms with Gasteiger partial charge in [-0.15, -0.1) is 0 Å². The largest absolute Gasteiger partial charge is 0.336 e. The van der Waals surface area contributed by atoms with Crippen molar-refractivity contribution in [2.75, 3.05) is 31.1 Å². The number of nitrogens with zero attached hydrogens (tertiary/aromatic N) is 8. The Hall–Kier alpha value is -4.01. The first-order valence-electron chi connectivity index (χ1n) is 11.1. The van der Waals surface area contributed by atoms with Gasteiger partial charge in [-0.1, -0.05) is 53.6 Å². The van der Waals surface area contributed by atoms with E-state index in [2.05, 4.69) is 37.7 Å². The van der Waals surface area contributed by atoms with Gasteiger partial charge in [0.15, 0.2) is 0 Å². The third-order valence-corrected chi connectivity index (χ3v) is 6.07. The number of benzene rings is 2. The lowest BCUT2D eigenvalue weighted by Gasteiger charge is -2.34. The highest BCUT2D eigenvalue weighted by Crippen LogP contribution is 2.21. The third kappa shape index (κ3) is 4.09. The average Bonchev–Trinajstić information content (AvgIpc) is 3.45. The Bertz CT molecular complexity index is 1240. The number of para-hydroxylation sites is 1. The summed E-state index contributed by atoms with van der Waals surface area (Å²) in [6.45, 7) is 7.06. The first kappa shape index (κ1) is 20.9. The SMILES string of the molecule is Cc1nn(Cc2ccccc2)c(C)c1C(=O)N1CCN(c2nnnn2-c2ccccc2)CC1. The molecule has 2 aromatic heterocycles. The van der Waals surface area contributed by atoms with E-state index in [-0.39, 0.29) is 5.91 Å². The fourth-order valence-electron chi connectivity index (χ4n) is 4.30. The second-order valence-corrected chi connectivity index (χ2v) is 8.19. The average molecular weight is 443 g/mol. The Morgan fingerprint density at radius 1 is 0.909 bits per heavy atom. The minimum Gasteiger partial charge on any atom is -0.336 e. The molecule has 1 aliphatic heterocycles. The van der Waals surface area contributed by atoms with Gasteiger partial charge in [0, 0.05) is 31.9 Å². The first-order valence-corrected chi connectivity index (χ1v) is 11.1. The van der Waals surface area contributed by atoms with Gasteiger partial charge in [-0.3, -0.25) is 9.48 Å². The predicted molar refractivity (Wildman–Crippen MR) is 125 cm³/mol. The topological polar surface area (TPSA) is 85.0 Å². The minimum absolute atomic E-state index is 0.0339. The minimum atomic E-state index is 0.0339. The number of tetrazole rings is 1. The zero-order valence-corrected chi connectivity index (χ0v) is 18.8. The van der Waals surface area contributed by atoms with Crippen LogP contribution in [0.1, 0.15) is 27.3 Å². The van der Waals surface area contributed by atoms with Crippen molar-refractivity contribution < 1.29 is 4.79 Å². The van der Waals surface area contributed by atoms with Crippen LogP contribution < -0.4 is 4.90 Å². The van der Waals surface area contributed by atoms with Crippen molar-refractivity contribution in [3.8, 4) is 5.69 Å². The zero-order valence-electron chi connectivity index (χ0n) is 18.8. The van der Waals surface area contributed by atoms with E-state index in [1.54, 1.807) is 4.68 Å². The normalized spacial score (nSPS) is 14.0. The van der Waals surface area contributed by atoms with Crippen molar-refractivity contribution >= 4 is 11.9 Å². The number of anilines is 1. The lowest BCUT2D eigenvalue weighted by molar-refractivity contribution is 0.0744. The Morgan fingerprint density at radius 3 is 2.27 bits per heavy atom. The van der Waals surface area contributed by atoms with Gasteiger partial charge in [-0.05, 0) is 42.0 Å². The summed E-state index contributed by atoms with van der Waals surface area (Å²) in [5.74, 6) is 0.725. The second kappa shape index (κ2) is 8.85. The number of rotatable bonds is 5. The molecular formula is C24H26N8O. The predicted octanol–water partition coefficient (Wildman–Crippen LogP) is 2.49. The molecule has 1 saturated heterocycles. The second-order valence-electron chi connectivity index (χ2n) is 8.19. The first-order chi connectivity index (χ1) is 16.1. The highest BCUT2D eigenvalue weighted by atomic mass is 16.2. The summed E-state index contributed by atoms with van der Waals surface area (Å²) in [6, 6.07) is 20.0. The van der Waals surface area contributed by atoms with E-state index in [1.807, 2.05) is 72.0 Å². The summed E-state index contributed by atoms with van der Waals surface area (Å²) < 4.78 is 3.65. The maximum atomic E-state index is 13.4. The fraction of sp³-hybridized carbons (Fsp3) is 0.292. The summed E-state index contributed by atoms with van der Waals surface area (Å²) in [6.07, 6.45) is 0. The number of piperazine rings is 1. The zero-order chi connectivity index (χ0) is 22.8.